The Kier molecular flexibility index (Phi) is 5.35. The predicted molar refractivity (Wildman–Crippen MR) is 91.9 cm³/mol. The van der Waals surface area contributed by atoms with Crippen molar-refractivity contribution in [2.45, 2.75) is 25.3 Å². The molecule has 6 nitrogen and oxygen atoms in total. The highest BCUT2D eigenvalue weighted by atomic mass is 16.6. The molecular formula is C17H26N4O2. The van der Waals surface area contributed by atoms with Crippen LogP contribution in [0.2, 0.25) is 0 Å². The lowest BCUT2D eigenvalue weighted by Gasteiger charge is -2.30. The predicted octanol–water partition coefficient (Wildman–Crippen LogP) is 1.87. The third-order valence-electron chi connectivity index (χ3n) is 4.54. The Morgan fingerprint density at radius 2 is 1.91 bits per heavy atom. The molecule has 0 atom stereocenters. The molecule has 2 heterocycles. The monoisotopic (exact) mass is 318 g/mol. The lowest BCUT2D eigenvalue weighted by Crippen LogP contribution is -2.41. The maximum Gasteiger partial charge on any atom is 0.414 e. The van der Waals surface area contributed by atoms with Gasteiger partial charge in [0.05, 0.1) is 6.61 Å². The number of nitrogens with one attached hydrogen (secondary N) is 1. The molecule has 0 radical (unpaired) electrons. The van der Waals surface area contributed by atoms with Crippen molar-refractivity contribution < 1.29 is 9.53 Å². The van der Waals surface area contributed by atoms with Crippen LogP contribution in [0.1, 0.15) is 19.3 Å². The first-order valence-corrected chi connectivity index (χ1v) is 8.48. The zero-order chi connectivity index (χ0) is 16.1. The molecule has 0 spiro atoms. The van der Waals surface area contributed by atoms with Crippen LogP contribution in [0.4, 0.5) is 16.2 Å². The van der Waals surface area contributed by atoms with Gasteiger partial charge in [-0.05, 0) is 56.6 Å². The fourth-order valence-electron chi connectivity index (χ4n) is 3.08. The van der Waals surface area contributed by atoms with Crippen molar-refractivity contribution in [3.8, 4) is 0 Å². The number of amides is 1. The number of anilines is 2. The van der Waals surface area contributed by atoms with E-state index < -0.39 is 0 Å². The third kappa shape index (κ3) is 4.36. The van der Waals surface area contributed by atoms with Crippen molar-refractivity contribution in [2.75, 3.05) is 49.5 Å². The fourth-order valence-corrected chi connectivity index (χ4v) is 3.08. The number of benzene rings is 1. The van der Waals surface area contributed by atoms with Gasteiger partial charge in [-0.1, -0.05) is 0 Å². The second-order valence-electron chi connectivity index (χ2n) is 6.27. The summed E-state index contributed by atoms with van der Waals surface area (Å²) in [6.07, 6.45) is 2.83. The number of rotatable bonds is 5. The topological polar surface area (TPSA) is 70.8 Å². The fraction of sp³-hybridized carbons (Fsp3) is 0.588. The molecule has 2 saturated heterocycles. The van der Waals surface area contributed by atoms with Gasteiger partial charge in [-0.25, -0.2) is 4.79 Å². The Balaban J connectivity index is 1.45. The number of cyclic esters (lactones) is 1. The van der Waals surface area contributed by atoms with Crippen LogP contribution in [0, 0.1) is 0 Å². The number of carbonyl (C=O) groups excluding carboxylic acids is 1. The van der Waals surface area contributed by atoms with Crippen LogP contribution in [0.3, 0.4) is 0 Å². The van der Waals surface area contributed by atoms with Crippen LogP contribution in [0.15, 0.2) is 24.3 Å². The first kappa shape index (κ1) is 16.1. The Morgan fingerprint density at radius 1 is 1.17 bits per heavy atom. The van der Waals surface area contributed by atoms with Gasteiger partial charge < -0.3 is 20.7 Å². The minimum Gasteiger partial charge on any atom is -0.449 e. The summed E-state index contributed by atoms with van der Waals surface area (Å²) < 4.78 is 5.07. The van der Waals surface area contributed by atoms with Gasteiger partial charge in [0.25, 0.3) is 0 Å². The van der Waals surface area contributed by atoms with Crippen LogP contribution >= 0.6 is 0 Å². The van der Waals surface area contributed by atoms with Crippen molar-refractivity contribution in [1.82, 2.24) is 4.90 Å². The Bertz CT molecular complexity index is 512. The van der Waals surface area contributed by atoms with Gasteiger partial charge in [0.2, 0.25) is 0 Å². The summed E-state index contributed by atoms with van der Waals surface area (Å²) in [5, 5.41) is 3.44. The van der Waals surface area contributed by atoms with Gasteiger partial charge in [-0.2, -0.15) is 0 Å². The highest BCUT2D eigenvalue weighted by Gasteiger charge is 2.21. The van der Waals surface area contributed by atoms with E-state index in [1.807, 2.05) is 24.3 Å². The van der Waals surface area contributed by atoms with Crippen LogP contribution < -0.4 is 16.0 Å². The average molecular weight is 318 g/mol. The quantitative estimate of drug-likeness (QED) is 0.867. The number of carbonyl (C=O) groups is 1. The molecule has 2 fully saturated rings. The minimum atomic E-state index is -0.250. The second-order valence-corrected chi connectivity index (χ2v) is 6.27. The van der Waals surface area contributed by atoms with Crippen molar-refractivity contribution in [3.05, 3.63) is 24.3 Å². The molecule has 1 aromatic rings. The van der Waals surface area contributed by atoms with Gasteiger partial charge in [-0.15, -0.1) is 0 Å². The molecule has 6 heteroatoms. The SMILES string of the molecule is NC1CCN(CCNc2ccc(N3CCCOC3=O)cc2)CC1. The molecule has 1 amide bonds. The minimum absolute atomic E-state index is 0.250. The van der Waals surface area contributed by atoms with Gasteiger partial charge >= 0.3 is 6.09 Å². The van der Waals surface area contributed by atoms with E-state index in [0.717, 1.165) is 63.4 Å². The summed E-state index contributed by atoms with van der Waals surface area (Å²) in [6, 6.07) is 8.35. The normalized spacial score (nSPS) is 20.4. The highest BCUT2D eigenvalue weighted by Crippen LogP contribution is 2.21. The molecule has 0 saturated carbocycles. The maximum atomic E-state index is 11.7. The summed E-state index contributed by atoms with van der Waals surface area (Å²) in [6.45, 7) is 5.39. The Hall–Kier alpha value is -1.79. The standard InChI is InChI=1S/C17H26N4O2/c18-14-6-10-20(11-7-14)12-8-19-15-2-4-16(5-3-15)21-9-1-13-23-17(21)22/h2-5,14,19H,1,6-13,18H2. The summed E-state index contributed by atoms with van der Waals surface area (Å²) in [5.74, 6) is 0. The van der Waals surface area contributed by atoms with Crippen molar-refractivity contribution >= 4 is 17.5 Å². The molecular weight excluding hydrogens is 292 g/mol. The number of hydrogen-bond acceptors (Lipinski definition) is 5. The van der Waals surface area contributed by atoms with Gasteiger partial charge in [0.1, 0.15) is 0 Å². The third-order valence-corrected chi connectivity index (χ3v) is 4.54. The highest BCUT2D eigenvalue weighted by molar-refractivity contribution is 5.88. The summed E-state index contributed by atoms with van der Waals surface area (Å²) in [4.78, 5) is 15.9. The van der Waals surface area contributed by atoms with Crippen LogP contribution in [-0.2, 0) is 4.74 Å². The van der Waals surface area contributed by atoms with E-state index in [2.05, 4.69) is 10.2 Å². The van der Waals surface area contributed by atoms with Crippen LogP contribution in [0.5, 0.6) is 0 Å². The van der Waals surface area contributed by atoms with E-state index in [1.54, 1.807) is 4.90 Å². The Morgan fingerprint density at radius 3 is 2.61 bits per heavy atom. The largest absolute Gasteiger partial charge is 0.449 e. The van der Waals surface area contributed by atoms with E-state index in [0.29, 0.717) is 12.6 Å². The molecule has 3 N–H and O–H groups in total. The van der Waals surface area contributed by atoms with Crippen LogP contribution in [0.25, 0.3) is 0 Å². The molecule has 0 unspecified atom stereocenters. The van der Waals surface area contributed by atoms with Crippen molar-refractivity contribution in [1.29, 1.82) is 0 Å². The van der Waals surface area contributed by atoms with E-state index in [4.69, 9.17) is 10.5 Å². The number of ether oxygens (including phenoxy) is 1. The number of piperidine rings is 1. The van der Waals surface area contributed by atoms with Crippen LogP contribution in [-0.4, -0.2) is 56.4 Å². The summed E-state index contributed by atoms with van der Waals surface area (Å²) in [7, 11) is 0. The smallest absolute Gasteiger partial charge is 0.414 e. The average Bonchev–Trinajstić information content (AvgIpc) is 2.58. The maximum absolute atomic E-state index is 11.7. The first-order valence-electron chi connectivity index (χ1n) is 8.48. The Labute approximate surface area is 137 Å². The lowest BCUT2D eigenvalue weighted by molar-refractivity contribution is 0.140. The van der Waals surface area contributed by atoms with E-state index in [1.165, 1.54) is 0 Å². The van der Waals surface area contributed by atoms with E-state index in [9.17, 15) is 4.79 Å². The molecule has 126 valence electrons. The van der Waals surface area contributed by atoms with Crippen molar-refractivity contribution in [3.63, 3.8) is 0 Å². The number of nitrogens with two attached hydrogens (primary N) is 1. The molecule has 0 aromatic heterocycles. The van der Waals surface area contributed by atoms with Gasteiger partial charge in [-0.3, -0.25) is 4.90 Å². The van der Waals surface area contributed by atoms with Gasteiger partial charge in [0, 0.05) is 37.1 Å². The molecule has 0 bridgehead atoms. The van der Waals surface area contributed by atoms with Gasteiger partial charge in [0.15, 0.2) is 0 Å². The summed E-state index contributed by atoms with van der Waals surface area (Å²) >= 11 is 0. The second kappa shape index (κ2) is 7.66. The summed E-state index contributed by atoms with van der Waals surface area (Å²) in [5.41, 5.74) is 7.89. The van der Waals surface area contributed by atoms with E-state index >= 15 is 0 Å². The number of hydrogen-bond donors (Lipinski definition) is 2. The molecule has 2 aliphatic rings. The molecule has 23 heavy (non-hydrogen) atoms. The lowest BCUT2D eigenvalue weighted by atomic mass is 10.1. The molecule has 2 aliphatic heterocycles. The van der Waals surface area contributed by atoms with Crippen molar-refractivity contribution in [2.24, 2.45) is 5.73 Å². The molecule has 0 aliphatic carbocycles. The molecule has 1 aromatic carbocycles. The first-order chi connectivity index (χ1) is 11.2. The number of nitrogens with zero attached hydrogens (tertiary/aromatic N) is 2. The zero-order valence-corrected chi connectivity index (χ0v) is 13.5. The van der Waals surface area contributed by atoms with E-state index in [-0.39, 0.29) is 6.09 Å². The number of likely N-dealkylation sites (tertiary alicyclic amines) is 1. The molecule has 3 rings (SSSR count). The zero-order valence-electron chi connectivity index (χ0n) is 13.5.